The Bertz CT molecular complexity index is 256. The highest BCUT2D eigenvalue weighted by atomic mass is 16.5. The van der Waals surface area contributed by atoms with Crippen molar-refractivity contribution >= 4 is 0 Å². The lowest BCUT2D eigenvalue weighted by Gasteiger charge is -2.40. The molecular formula is C16H33N3O. The minimum Gasteiger partial charge on any atom is -0.381 e. The smallest absolute Gasteiger partial charge is 0.0480 e. The van der Waals surface area contributed by atoms with Crippen LogP contribution in [-0.2, 0) is 4.74 Å². The van der Waals surface area contributed by atoms with Gasteiger partial charge in [0.2, 0.25) is 0 Å². The van der Waals surface area contributed by atoms with Crippen molar-refractivity contribution < 1.29 is 4.74 Å². The zero-order valence-corrected chi connectivity index (χ0v) is 13.6. The molecule has 0 bridgehead atoms. The van der Waals surface area contributed by atoms with E-state index in [1.807, 2.05) is 0 Å². The van der Waals surface area contributed by atoms with Crippen LogP contribution in [-0.4, -0.2) is 74.9 Å². The van der Waals surface area contributed by atoms with Gasteiger partial charge in [0, 0.05) is 58.0 Å². The lowest BCUT2D eigenvalue weighted by atomic mass is 10.0. The lowest BCUT2D eigenvalue weighted by Crippen LogP contribution is -2.54. The molecule has 0 radical (unpaired) electrons. The van der Waals surface area contributed by atoms with Gasteiger partial charge in [-0.25, -0.2) is 0 Å². The summed E-state index contributed by atoms with van der Waals surface area (Å²) in [6.45, 7) is 12.6. The maximum Gasteiger partial charge on any atom is 0.0480 e. The summed E-state index contributed by atoms with van der Waals surface area (Å²) >= 11 is 0. The van der Waals surface area contributed by atoms with Crippen molar-refractivity contribution in [3.63, 3.8) is 0 Å². The van der Waals surface area contributed by atoms with Gasteiger partial charge < -0.3 is 15.0 Å². The summed E-state index contributed by atoms with van der Waals surface area (Å²) in [5, 5.41) is 3.82. The first kappa shape index (κ1) is 16.2. The number of ether oxygens (including phenoxy) is 1. The van der Waals surface area contributed by atoms with E-state index in [2.05, 4.69) is 36.0 Å². The molecule has 2 atom stereocenters. The molecule has 4 nitrogen and oxygen atoms in total. The maximum absolute atomic E-state index is 5.55. The SMILES string of the molecule is CC(C)C(CNC1CCCOCC1)N1CCN(C)CC1. The van der Waals surface area contributed by atoms with Gasteiger partial charge >= 0.3 is 0 Å². The minimum atomic E-state index is 0.659. The van der Waals surface area contributed by atoms with Crippen LogP contribution >= 0.6 is 0 Å². The Morgan fingerprint density at radius 2 is 1.85 bits per heavy atom. The van der Waals surface area contributed by atoms with E-state index in [1.54, 1.807) is 0 Å². The van der Waals surface area contributed by atoms with E-state index >= 15 is 0 Å². The fourth-order valence-electron chi connectivity index (χ4n) is 3.34. The van der Waals surface area contributed by atoms with Gasteiger partial charge in [0.1, 0.15) is 0 Å². The maximum atomic E-state index is 5.55. The number of hydrogen-bond donors (Lipinski definition) is 1. The molecule has 4 heteroatoms. The Balaban J connectivity index is 1.79. The molecule has 118 valence electrons. The third-order valence-corrected chi connectivity index (χ3v) is 4.84. The molecule has 2 heterocycles. The molecule has 0 aliphatic carbocycles. The molecule has 0 aromatic rings. The first-order valence-corrected chi connectivity index (χ1v) is 8.40. The summed E-state index contributed by atoms with van der Waals surface area (Å²) in [7, 11) is 2.23. The molecule has 0 aromatic carbocycles. The summed E-state index contributed by atoms with van der Waals surface area (Å²) in [6.07, 6.45) is 3.65. The number of hydrogen-bond acceptors (Lipinski definition) is 4. The largest absolute Gasteiger partial charge is 0.381 e. The van der Waals surface area contributed by atoms with Gasteiger partial charge in [-0.15, -0.1) is 0 Å². The normalized spacial score (nSPS) is 28.5. The van der Waals surface area contributed by atoms with Crippen molar-refractivity contribution in [3.8, 4) is 0 Å². The molecule has 2 aliphatic heterocycles. The Labute approximate surface area is 124 Å². The molecule has 0 saturated carbocycles. The molecule has 0 amide bonds. The van der Waals surface area contributed by atoms with Crippen LogP contribution in [0.3, 0.4) is 0 Å². The fourth-order valence-corrected chi connectivity index (χ4v) is 3.34. The van der Waals surface area contributed by atoms with Crippen molar-refractivity contribution in [2.75, 3.05) is 53.0 Å². The van der Waals surface area contributed by atoms with Crippen LogP contribution in [0.5, 0.6) is 0 Å². The molecule has 2 aliphatic rings. The average Bonchev–Trinajstić information content (AvgIpc) is 2.69. The van der Waals surface area contributed by atoms with Gasteiger partial charge in [0.15, 0.2) is 0 Å². The number of nitrogens with zero attached hydrogens (tertiary/aromatic N) is 2. The topological polar surface area (TPSA) is 27.7 Å². The molecule has 1 N–H and O–H groups in total. The second-order valence-corrected chi connectivity index (χ2v) is 6.80. The van der Waals surface area contributed by atoms with Crippen LogP contribution < -0.4 is 5.32 Å². The van der Waals surface area contributed by atoms with E-state index in [4.69, 9.17) is 4.74 Å². The average molecular weight is 283 g/mol. The first-order chi connectivity index (χ1) is 9.66. The van der Waals surface area contributed by atoms with Gasteiger partial charge in [-0.2, -0.15) is 0 Å². The van der Waals surface area contributed by atoms with Crippen molar-refractivity contribution in [1.29, 1.82) is 0 Å². The van der Waals surface area contributed by atoms with Crippen molar-refractivity contribution in [2.45, 2.75) is 45.2 Å². The van der Waals surface area contributed by atoms with Crippen molar-refractivity contribution in [2.24, 2.45) is 5.92 Å². The van der Waals surface area contributed by atoms with Crippen LogP contribution in [0.25, 0.3) is 0 Å². The Kier molecular flexibility index (Phi) is 6.75. The highest BCUT2D eigenvalue weighted by Crippen LogP contribution is 2.14. The third kappa shape index (κ3) is 4.99. The van der Waals surface area contributed by atoms with Crippen LogP contribution in [0.4, 0.5) is 0 Å². The summed E-state index contributed by atoms with van der Waals surface area (Å²) in [4.78, 5) is 5.12. The molecular weight excluding hydrogens is 250 g/mol. The number of nitrogens with one attached hydrogen (secondary N) is 1. The molecule has 2 saturated heterocycles. The van der Waals surface area contributed by atoms with Crippen LogP contribution in [0.1, 0.15) is 33.1 Å². The van der Waals surface area contributed by atoms with E-state index in [9.17, 15) is 0 Å². The fraction of sp³-hybridized carbons (Fsp3) is 1.00. The van der Waals surface area contributed by atoms with Gasteiger partial charge in [-0.3, -0.25) is 4.90 Å². The van der Waals surface area contributed by atoms with E-state index < -0.39 is 0 Å². The van der Waals surface area contributed by atoms with Gasteiger partial charge in [0.25, 0.3) is 0 Å². The molecule has 2 rings (SSSR count). The number of rotatable bonds is 5. The Hall–Kier alpha value is -0.160. The summed E-state index contributed by atoms with van der Waals surface area (Å²) < 4.78 is 5.55. The van der Waals surface area contributed by atoms with E-state index in [1.165, 1.54) is 45.4 Å². The minimum absolute atomic E-state index is 0.659. The van der Waals surface area contributed by atoms with Crippen LogP contribution in [0, 0.1) is 5.92 Å². The standard InChI is InChI=1S/C16H33N3O/c1-14(2)16(19-9-7-18(3)8-10-19)13-17-15-5-4-11-20-12-6-15/h14-17H,4-13H2,1-3H3. The van der Waals surface area contributed by atoms with E-state index in [0.29, 0.717) is 18.0 Å². The number of likely N-dealkylation sites (N-methyl/N-ethyl adjacent to an activating group) is 1. The quantitative estimate of drug-likeness (QED) is 0.826. The molecule has 2 unspecified atom stereocenters. The predicted molar refractivity (Wildman–Crippen MR) is 84.2 cm³/mol. The second-order valence-electron chi connectivity index (χ2n) is 6.80. The molecule has 0 aromatic heterocycles. The lowest BCUT2D eigenvalue weighted by molar-refractivity contribution is 0.0852. The van der Waals surface area contributed by atoms with Gasteiger partial charge in [-0.1, -0.05) is 13.8 Å². The van der Waals surface area contributed by atoms with Gasteiger partial charge in [-0.05, 0) is 32.2 Å². The third-order valence-electron chi connectivity index (χ3n) is 4.84. The van der Waals surface area contributed by atoms with Crippen molar-refractivity contribution in [3.05, 3.63) is 0 Å². The van der Waals surface area contributed by atoms with E-state index in [-0.39, 0.29) is 0 Å². The first-order valence-electron chi connectivity index (χ1n) is 8.40. The summed E-state index contributed by atoms with van der Waals surface area (Å²) in [5.74, 6) is 0.716. The highest BCUT2D eigenvalue weighted by molar-refractivity contribution is 4.83. The summed E-state index contributed by atoms with van der Waals surface area (Å²) in [6, 6.07) is 1.33. The molecule has 20 heavy (non-hydrogen) atoms. The Morgan fingerprint density at radius 3 is 2.55 bits per heavy atom. The molecule has 0 spiro atoms. The highest BCUT2D eigenvalue weighted by Gasteiger charge is 2.25. The molecule has 2 fully saturated rings. The predicted octanol–water partition coefficient (Wildman–Crippen LogP) is 1.42. The summed E-state index contributed by atoms with van der Waals surface area (Å²) in [5.41, 5.74) is 0. The number of piperazine rings is 1. The monoisotopic (exact) mass is 283 g/mol. The van der Waals surface area contributed by atoms with Crippen LogP contribution in [0.15, 0.2) is 0 Å². The zero-order valence-electron chi connectivity index (χ0n) is 13.6. The van der Waals surface area contributed by atoms with Gasteiger partial charge in [0.05, 0.1) is 0 Å². The second kappa shape index (κ2) is 8.32. The van der Waals surface area contributed by atoms with E-state index in [0.717, 1.165) is 19.8 Å². The zero-order chi connectivity index (χ0) is 14.4. The van der Waals surface area contributed by atoms with Crippen LogP contribution in [0.2, 0.25) is 0 Å². The Morgan fingerprint density at radius 1 is 1.10 bits per heavy atom. The van der Waals surface area contributed by atoms with Crippen molar-refractivity contribution in [1.82, 2.24) is 15.1 Å².